The Bertz CT molecular complexity index is 793. The summed E-state index contributed by atoms with van der Waals surface area (Å²) in [5, 5.41) is 32.9. The molecular formula is C41H76O6. The summed E-state index contributed by atoms with van der Waals surface area (Å²) in [5.41, 5.74) is -2.79. The number of unbranched alkanes of at least 4 members (excludes halogenated alkanes) is 23. The van der Waals surface area contributed by atoms with E-state index >= 15 is 0 Å². The van der Waals surface area contributed by atoms with Crippen molar-refractivity contribution in [2.45, 2.75) is 231 Å². The molecule has 0 radical (unpaired) electrons. The molecule has 3 atom stereocenters. The number of carbonyl (C=O) groups is 3. The minimum Gasteiger partial charge on any atom is -0.382 e. The fourth-order valence-electron chi connectivity index (χ4n) is 6.34. The summed E-state index contributed by atoms with van der Waals surface area (Å²) in [6.07, 6.45) is 30.2. The summed E-state index contributed by atoms with van der Waals surface area (Å²) in [7, 11) is 0. The van der Waals surface area contributed by atoms with Crippen LogP contribution < -0.4 is 0 Å². The standard InChI is InChI=1S/C41H76O6/c1-4-7-9-11-13-15-17-19-20-22-24-26-28-30-32-35-38(44)41(47,39(45)36(42)33-6-3)40(46)37(43)34-31-29-27-25-23-21-18-16-14-12-10-8-5-2/h19-20,39-40,45-47H,4-18,21-35H2,1-3H3/b20-19-. The monoisotopic (exact) mass is 665 g/mol. The zero-order chi connectivity index (χ0) is 35.0. The third-order valence-electron chi connectivity index (χ3n) is 9.58. The van der Waals surface area contributed by atoms with Crippen molar-refractivity contribution >= 4 is 17.3 Å². The van der Waals surface area contributed by atoms with Crippen LogP contribution in [0.4, 0.5) is 0 Å². The van der Waals surface area contributed by atoms with Crippen LogP contribution in [0.1, 0.15) is 213 Å². The molecule has 276 valence electrons. The maximum absolute atomic E-state index is 13.2. The molecule has 0 saturated carbocycles. The fraction of sp³-hybridized carbons (Fsp3) is 0.878. The first kappa shape index (κ1) is 45.6. The molecule has 0 aliphatic rings. The van der Waals surface area contributed by atoms with Gasteiger partial charge in [-0.15, -0.1) is 0 Å². The normalized spacial score (nSPS) is 14.3. The van der Waals surface area contributed by atoms with Gasteiger partial charge in [-0.05, 0) is 44.9 Å². The van der Waals surface area contributed by atoms with Crippen LogP contribution >= 0.6 is 0 Å². The fourth-order valence-corrected chi connectivity index (χ4v) is 6.34. The van der Waals surface area contributed by atoms with Crippen molar-refractivity contribution in [2.24, 2.45) is 0 Å². The SMILES string of the molecule is CCCCCCCC/C=C\CCCCCCCC(=O)C(O)(C(O)C(=O)CCC)C(O)C(=O)CCCCCCCCCCCCCCC. The number of carbonyl (C=O) groups excluding carboxylic acids is 3. The molecule has 0 rings (SSSR count). The molecule has 6 nitrogen and oxygen atoms in total. The van der Waals surface area contributed by atoms with E-state index in [9.17, 15) is 29.7 Å². The van der Waals surface area contributed by atoms with E-state index in [2.05, 4.69) is 26.0 Å². The molecule has 0 bridgehead atoms. The second kappa shape index (κ2) is 31.9. The molecule has 3 unspecified atom stereocenters. The average molecular weight is 665 g/mol. The maximum atomic E-state index is 13.2. The number of Topliss-reactive ketones (excluding diaryl/α,β-unsaturated/α-hetero) is 3. The second-order valence-electron chi connectivity index (χ2n) is 14.1. The highest BCUT2D eigenvalue weighted by Gasteiger charge is 2.53. The number of rotatable bonds is 36. The highest BCUT2D eigenvalue weighted by molar-refractivity contribution is 6.01. The Kier molecular flexibility index (Phi) is 30.9. The molecule has 0 saturated heterocycles. The smallest absolute Gasteiger partial charge is 0.189 e. The molecule has 6 heteroatoms. The molecule has 0 aromatic rings. The van der Waals surface area contributed by atoms with Crippen molar-refractivity contribution < 1.29 is 29.7 Å². The highest BCUT2D eigenvalue weighted by Crippen LogP contribution is 2.26. The Morgan fingerprint density at radius 1 is 0.447 bits per heavy atom. The topological polar surface area (TPSA) is 112 Å². The Hall–Kier alpha value is -1.37. The van der Waals surface area contributed by atoms with Gasteiger partial charge in [0.1, 0.15) is 0 Å². The van der Waals surface area contributed by atoms with Crippen LogP contribution in [0.3, 0.4) is 0 Å². The molecule has 0 spiro atoms. The number of aliphatic hydroxyl groups excluding tert-OH is 2. The lowest BCUT2D eigenvalue weighted by Crippen LogP contribution is -2.63. The number of hydrogen-bond donors (Lipinski definition) is 3. The van der Waals surface area contributed by atoms with Gasteiger partial charge in [0.2, 0.25) is 0 Å². The van der Waals surface area contributed by atoms with Crippen LogP contribution in [0, 0.1) is 0 Å². The number of ketones is 3. The third-order valence-corrected chi connectivity index (χ3v) is 9.58. The molecule has 0 aliphatic carbocycles. The molecular weight excluding hydrogens is 588 g/mol. The predicted molar refractivity (Wildman–Crippen MR) is 197 cm³/mol. The zero-order valence-corrected chi connectivity index (χ0v) is 31.1. The summed E-state index contributed by atoms with van der Waals surface area (Å²) >= 11 is 0. The maximum Gasteiger partial charge on any atom is 0.189 e. The molecule has 3 N–H and O–H groups in total. The summed E-state index contributed by atoms with van der Waals surface area (Å²) in [5.74, 6) is -2.23. The highest BCUT2D eigenvalue weighted by atomic mass is 16.4. The lowest BCUT2D eigenvalue weighted by atomic mass is 9.78. The van der Waals surface area contributed by atoms with E-state index in [1.165, 1.54) is 96.3 Å². The van der Waals surface area contributed by atoms with E-state index in [0.717, 1.165) is 57.8 Å². The van der Waals surface area contributed by atoms with Crippen LogP contribution in [0.5, 0.6) is 0 Å². The van der Waals surface area contributed by atoms with E-state index in [1.54, 1.807) is 6.92 Å². The lowest BCUT2D eigenvalue weighted by Gasteiger charge is -2.34. The minimum absolute atomic E-state index is 0.0105. The molecule has 0 amide bonds. The van der Waals surface area contributed by atoms with Gasteiger partial charge in [0.25, 0.3) is 0 Å². The quantitative estimate of drug-likeness (QED) is 0.0454. The largest absolute Gasteiger partial charge is 0.382 e. The molecule has 0 fully saturated rings. The van der Waals surface area contributed by atoms with Crippen molar-refractivity contribution in [1.82, 2.24) is 0 Å². The van der Waals surface area contributed by atoms with Crippen LogP contribution in [0.2, 0.25) is 0 Å². The van der Waals surface area contributed by atoms with Crippen molar-refractivity contribution in [2.75, 3.05) is 0 Å². The van der Waals surface area contributed by atoms with Crippen molar-refractivity contribution in [3.63, 3.8) is 0 Å². The van der Waals surface area contributed by atoms with Gasteiger partial charge in [-0.2, -0.15) is 0 Å². The van der Waals surface area contributed by atoms with E-state index < -0.39 is 35.2 Å². The number of aliphatic hydroxyl groups is 3. The summed E-state index contributed by atoms with van der Waals surface area (Å²) in [6.45, 7) is 6.23. The van der Waals surface area contributed by atoms with Gasteiger partial charge in [-0.25, -0.2) is 0 Å². The Morgan fingerprint density at radius 3 is 1.15 bits per heavy atom. The van der Waals surface area contributed by atoms with E-state index in [0.29, 0.717) is 19.3 Å². The van der Waals surface area contributed by atoms with Gasteiger partial charge in [-0.1, -0.05) is 161 Å². The molecule has 0 aliphatic heterocycles. The third kappa shape index (κ3) is 22.8. The molecule has 0 aromatic heterocycles. The minimum atomic E-state index is -2.79. The van der Waals surface area contributed by atoms with E-state index in [1.807, 2.05) is 0 Å². The lowest BCUT2D eigenvalue weighted by molar-refractivity contribution is -0.181. The molecule has 47 heavy (non-hydrogen) atoms. The summed E-state index contributed by atoms with van der Waals surface area (Å²) < 4.78 is 0. The first-order chi connectivity index (χ1) is 22.8. The first-order valence-electron chi connectivity index (χ1n) is 20.1. The predicted octanol–water partition coefficient (Wildman–Crippen LogP) is 10.5. The Morgan fingerprint density at radius 2 is 0.766 bits per heavy atom. The first-order valence-corrected chi connectivity index (χ1v) is 20.1. The van der Waals surface area contributed by atoms with Crippen molar-refractivity contribution in [3.05, 3.63) is 12.2 Å². The molecule has 0 aromatic carbocycles. The van der Waals surface area contributed by atoms with Crippen LogP contribution in [0.15, 0.2) is 12.2 Å². The van der Waals surface area contributed by atoms with Crippen LogP contribution in [-0.4, -0.2) is 50.5 Å². The number of hydrogen-bond acceptors (Lipinski definition) is 6. The van der Waals surface area contributed by atoms with E-state index in [-0.39, 0.29) is 19.3 Å². The Labute approximate surface area is 290 Å². The second-order valence-corrected chi connectivity index (χ2v) is 14.1. The summed E-state index contributed by atoms with van der Waals surface area (Å²) in [6, 6.07) is 0. The van der Waals surface area contributed by atoms with Gasteiger partial charge in [0, 0.05) is 19.3 Å². The summed E-state index contributed by atoms with van der Waals surface area (Å²) in [4.78, 5) is 38.6. The molecule has 0 heterocycles. The Balaban J connectivity index is 4.46. The van der Waals surface area contributed by atoms with Crippen molar-refractivity contribution in [3.8, 4) is 0 Å². The van der Waals surface area contributed by atoms with Crippen molar-refractivity contribution in [1.29, 1.82) is 0 Å². The van der Waals surface area contributed by atoms with Gasteiger partial charge in [0.15, 0.2) is 35.2 Å². The van der Waals surface area contributed by atoms with Gasteiger partial charge >= 0.3 is 0 Å². The van der Waals surface area contributed by atoms with Crippen LogP contribution in [0.25, 0.3) is 0 Å². The average Bonchev–Trinajstić information content (AvgIpc) is 3.07. The van der Waals surface area contributed by atoms with Gasteiger partial charge in [-0.3, -0.25) is 14.4 Å². The van der Waals surface area contributed by atoms with Gasteiger partial charge < -0.3 is 15.3 Å². The zero-order valence-electron chi connectivity index (χ0n) is 31.1. The van der Waals surface area contributed by atoms with Gasteiger partial charge in [0.05, 0.1) is 0 Å². The van der Waals surface area contributed by atoms with Crippen LogP contribution in [-0.2, 0) is 14.4 Å². The number of allylic oxidation sites excluding steroid dienone is 2. The van der Waals surface area contributed by atoms with E-state index in [4.69, 9.17) is 0 Å².